The average Bonchev–Trinajstić information content (AvgIpc) is 3.28. The SMILES string of the molecule is CCCCC/C=C/C=C/CCCCCCCCC(=O)OC(CCCCCCCCCCCCCCC)CC(=O)NC(CO)C(O)CCCCCCCCCCCCCCCCCC. The molecule has 0 aliphatic heterocycles. The van der Waals surface area contributed by atoms with E-state index in [1.54, 1.807) is 0 Å². The molecule has 0 aromatic heterocycles. The van der Waals surface area contributed by atoms with E-state index in [0.29, 0.717) is 19.3 Å². The first-order valence-corrected chi connectivity index (χ1v) is 28.1. The molecule has 0 aliphatic carbocycles. The van der Waals surface area contributed by atoms with Crippen LogP contribution in [-0.2, 0) is 14.3 Å². The number of ether oxygens (including phenoxy) is 1. The number of nitrogens with one attached hydrogen (secondary N) is 1. The number of hydrogen-bond acceptors (Lipinski definition) is 5. The summed E-state index contributed by atoms with van der Waals surface area (Å²) in [4.78, 5) is 26.2. The van der Waals surface area contributed by atoms with Crippen LogP contribution >= 0.6 is 0 Å². The van der Waals surface area contributed by atoms with Crippen LogP contribution in [0.25, 0.3) is 0 Å². The lowest BCUT2D eigenvalue weighted by Crippen LogP contribution is -2.46. The van der Waals surface area contributed by atoms with Crippen molar-refractivity contribution in [2.45, 2.75) is 322 Å². The molecule has 0 radical (unpaired) electrons. The fourth-order valence-corrected chi connectivity index (χ4v) is 8.78. The highest BCUT2D eigenvalue weighted by molar-refractivity contribution is 5.77. The first-order valence-electron chi connectivity index (χ1n) is 28.1. The van der Waals surface area contributed by atoms with E-state index < -0.39 is 18.2 Å². The molecule has 372 valence electrons. The van der Waals surface area contributed by atoms with Gasteiger partial charge in [-0.25, -0.2) is 0 Å². The Bertz CT molecular complexity index is 997. The quantitative estimate of drug-likeness (QED) is 0.0321. The number of allylic oxidation sites excluding steroid dienone is 4. The zero-order valence-corrected chi connectivity index (χ0v) is 42.5. The lowest BCUT2D eigenvalue weighted by atomic mass is 10.0. The smallest absolute Gasteiger partial charge is 0.306 e. The summed E-state index contributed by atoms with van der Waals surface area (Å²) in [5, 5.41) is 23.9. The van der Waals surface area contributed by atoms with Crippen LogP contribution in [0.5, 0.6) is 0 Å². The Hall–Kier alpha value is -1.66. The molecule has 0 saturated carbocycles. The van der Waals surface area contributed by atoms with Gasteiger partial charge in [-0.3, -0.25) is 9.59 Å². The highest BCUT2D eigenvalue weighted by Crippen LogP contribution is 2.19. The number of unbranched alkanes of at least 4 members (excludes halogenated alkanes) is 36. The molecule has 0 spiro atoms. The molecule has 0 heterocycles. The van der Waals surface area contributed by atoms with Gasteiger partial charge in [0.05, 0.1) is 25.2 Å². The number of hydrogen-bond donors (Lipinski definition) is 3. The summed E-state index contributed by atoms with van der Waals surface area (Å²) < 4.78 is 5.95. The number of aliphatic hydroxyl groups is 2. The van der Waals surface area contributed by atoms with Gasteiger partial charge in [0, 0.05) is 6.42 Å². The van der Waals surface area contributed by atoms with Crippen LogP contribution in [0.1, 0.15) is 303 Å². The van der Waals surface area contributed by atoms with E-state index in [1.807, 2.05) is 0 Å². The Kier molecular flexibility index (Phi) is 50.0. The number of rotatable bonds is 51. The van der Waals surface area contributed by atoms with Gasteiger partial charge in [0.1, 0.15) is 6.10 Å². The fraction of sp³-hybridized carbons (Fsp3) is 0.895. The summed E-state index contributed by atoms with van der Waals surface area (Å²) >= 11 is 0. The summed E-state index contributed by atoms with van der Waals surface area (Å²) in [6, 6.07) is -0.699. The maximum Gasteiger partial charge on any atom is 0.306 e. The van der Waals surface area contributed by atoms with Crippen molar-refractivity contribution in [3.8, 4) is 0 Å². The molecule has 0 aromatic carbocycles. The highest BCUT2D eigenvalue weighted by Gasteiger charge is 2.24. The standard InChI is InChI=1S/C57H109NO5/c1-4-7-10-13-16-19-22-25-27-29-31-34-37-40-43-46-49-55(60)54(52-59)58-56(61)51-53(48-45-42-39-36-33-30-24-21-18-15-12-9-6-3)63-57(62)50-47-44-41-38-35-32-28-26-23-20-17-14-11-8-5-2/h17,20,23,26,53-55,59-60H,4-16,18-19,21-22,24-25,27-52H2,1-3H3,(H,58,61)/b20-17+,26-23+. The zero-order chi connectivity index (χ0) is 45.9. The molecule has 0 bridgehead atoms. The predicted octanol–water partition coefficient (Wildman–Crippen LogP) is 17.1. The maximum absolute atomic E-state index is 13.2. The molecular formula is C57H109NO5. The molecule has 3 unspecified atom stereocenters. The summed E-state index contributed by atoms with van der Waals surface area (Å²) in [7, 11) is 0. The normalized spacial score (nSPS) is 13.3. The monoisotopic (exact) mass is 888 g/mol. The Morgan fingerprint density at radius 3 is 1.21 bits per heavy atom. The molecule has 63 heavy (non-hydrogen) atoms. The first kappa shape index (κ1) is 61.3. The van der Waals surface area contributed by atoms with Crippen LogP contribution in [-0.4, -0.2) is 46.9 Å². The Balaban J connectivity index is 4.51. The van der Waals surface area contributed by atoms with E-state index >= 15 is 0 Å². The number of esters is 1. The lowest BCUT2D eigenvalue weighted by Gasteiger charge is -2.24. The number of carbonyl (C=O) groups excluding carboxylic acids is 2. The fourth-order valence-electron chi connectivity index (χ4n) is 8.78. The number of amides is 1. The van der Waals surface area contributed by atoms with E-state index in [2.05, 4.69) is 50.4 Å². The van der Waals surface area contributed by atoms with E-state index in [-0.39, 0.29) is 24.9 Å². The van der Waals surface area contributed by atoms with Crippen LogP contribution in [0.3, 0.4) is 0 Å². The number of aliphatic hydroxyl groups excluding tert-OH is 2. The van der Waals surface area contributed by atoms with Gasteiger partial charge in [0.2, 0.25) is 5.91 Å². The van der Waals surface area contributed by atoms with E-state index in [9.17, 15) is 19.8 Å². The summed E-state index contributed by atoms with van der Waals surface area (Å²) in [6.07, 6.45) is 59.5. The molecular weight excluding hydrogens is 779 g/mol. The van der Waals surface area contributed by atoms with Gasteiger partial charge >= 0.3 is 5.97 Å². The topological polar surface area (TPSA) is 95.9 Å². The van der Waals surface area contributed by atoms with E-state index in [0.717, 1.165) is 51.4 Å². The van der Waals surface area contributed by atoms with Crippen LogP contribution < -0.4 is 5.32 Å². The first-order chi connectivity index (χ1) is 31.0. The Morgan fingerprint density at radius 1 is 0.460 bits per heavy atom. The minimum Gasteiger partial charge on any atom is -0.462 e. The number of carbonyl (C=O) groups is 2. The summed E-state index contributed by atoms with van der Waals surface area (Å²) in [5.74, 6) is -0.469. The van der Waals surface area contributed by atoms with Crippen molar-refractivity contribution >= 4 is 11.9 Å². The van der Waals surface area contributed by atoms with Crippen LogP contribution in [0.2, 0.25) is 0 Å². The van der Waals surface area contributed by atoms with Crippen molar-refractivity contribution in [2.24, 2.45) is 0 Å². The molecule has 3 atom stereocenters. The van der Waals surface area contributed by atoms with Crippen molar-refractivity contribution in [3.05, 3.63) is 24.3 Å². The molecule has 0 aliphatic rings. The van der Waals surface area contributed by atoms with Gasteiger partial charge in [-0.2, -0.15) is 0 Å². The summed E-state index contributed by atoms with van der Waals surface area (Å²) in [5.41, 5.74) is 0. The predicted molar refractivity (Wildman–Crippen MR) is 273 cm³/mol. The van der Waals surface area contributed by atoms with Crippen LogP contribution in [0.4, 0.5) is 0 Å². The maximum atomic E-state index is 13.2. The highest BCUT2D eigenvalue weighted by atomic mass is 16.5. The largest absolute Gasteiger partial charge is 0.462 e. The van der Waals surface area contributed by atoms with Crippen molar-refractivity contribution in [3.63, 3.8) is 0 Å². The zero-order valence-electron chi connectivity index (χ0n) is 42.5. The minimum atomic E-state index is -0.786. The molecule has 6 heteroatoms. The van der Waals surface area contributed by atoms with Crippen molar-refractivity contribution < 1.29 is 24.5 Å². The Morgan fingerprint density at radius 2 is 0.794 bits per heavy atom. The van der Waals surface area contributed by atoms with Gasteiger partial charge in [0.15, 0.2) is 0 Å². The molecule has 0 rings (SSSR count). The summed E-state index contributed by atoms with van der Waals surface area (Å²) in [6.45, 7) is 6.49. The van der Waals surface area contributed by atoms with E-state index in [1.165, 1.54) is 205 Å². The second kappa shape index (κ2) is 51.3. The van der Waals surface area contributed by atoms with Gasteiger partial charge in [0.25, 0.3) is 0 Å². The molecule has 0 saturated heterocycles. The lowest BCUT2D eigenvalue weighted by molar-refractivity contribution is -0.151. The second-order valence-corrected chi connectivity index (χ2v) is 19.4. The van der Waals surface area contributed by atoms with Crippen LogP contribution in [0, 0.1) is 0 Å². The van der Waals surface area contributed by atoms with Gasteiger partial charge in [-0.1, -0.05) is 263 Å². The Labute approximate surface area is 392 Å². The van der Waals surface area contributed by atoms with E-state index in [4.69, 9.17) is 4.74 Å². The second-order valence-electron chi connectivity index (χ2n) is 19.4. The van der Waals surface area contributed by atoms with Gasteiger partial charge in [-0.05, 0) is 51.4 Å². The molecule has 6 nitrogen and oxygen atoms in total. The molecule has 0 aromatic rings. The van der Waals surface area contributed by atoms with Gasteiger partial charge < -0.3 is 20.3 Å². The third-order valence-corrected chi connectivity index (χ3v) is 13.1. The molecule has 0 fully saturated rings. The van der Waals surface area contributed by atoms with Gasteiger partial charge in [-0.15, -0.1) is 0 Å². The molecule has 1 amide bonds. The van der Waals surface area contributed by atoms with Crippen molar-refractivity contribution in [1.82, 2.24) is 5.32 Å². The third kappa shape index (κ3) is 46.7. The molecule has 3 N–H and O–H groups in total. The van der Waals surface area contributed by atoms with Crippen molar-refractivity contribution in [1.29, 1.82) is 0 Å². The van der Waals surface area contributed by atoms with Crippen molar-refractivity contribution in [2.75, 3.05) is 6.61 Å². The minimum absolute atomic E-state index is 0.0787. The average molecular weight is 889 g/mol. The van der Waals surface area contributed by atoms with Crippen LogP contribution in [0.15, 0.2) is 24.3 Å². The third-order valence-electron chi connectivity index (χ3n) is 13.1.